The number of amides is 1. The molecule has 0 spiro atoms. The molecule has 2 aromatic rings. The van der Waals surface area contributed by atoms with E-state index in [4.69, 9.17) is 5.73 Å². The number of nitrogens with one attached hydrogen (secondary N) is 1. The zero-order valence-electron chi connectivity index (χ0n) is 14.8. The van der Waals surface area contributed by atoms with Crippen LogP contribution in [0, 0.1) is 11.8 Å². The van der Waals surface area contributed by atoms with Gasteiger partial charge in [0.05, 0.1) is 5.56 Å². The van der Waals surface area contributed by atoms with Crippen molar-refractivity contribution >= 4 is 40.7 Å². The fraction of sp³-hybridized carbons (Fsp3) is 0.400. The molecule has 0 unspecified atom stereocenters. The highest BCUT2D eigenvalue weighted by Gasteiger charge is 2.32. The van der Waals surface area contributed by atoms with E-state index in [0.717, 1.165) is 36.5 Å². The van der Waals surface area contributed by atoms with Crippen LogP contribution in [0.3, 0.4) is 0 Å². The van der Waals surface area contributed by atoms with E-state index in [-0.39, 0.29) is 18.3 Å². The Bertz CT molecular complexity index is 801. The maximum absolute atomic E-state index is 12.7. The quantitative estimate of drug-likeness (QED) is 0.706. The average molecular weight is 377 g/mol. The largest absolute Gasteiger partial charge is 0.480 e. The Kier molecular flexibility index (Phi) is 6.48. The SMILES string of the molecule is C[C@H]1CC[C@H]([C@H](NC(=O)c2cc3ccccc3cc2N)C(=O)O)CC1.Cl. The first-order valence-corrected chi connectivity index (χ1v) is 8.77. The van der Waals surface area contributed by atoms with E-state index in [1.807, 2.05) is 24.3 Å². The first kappa shape index (κ1) is 20.0. The van der Waals surface area contributed by atoms with Crippen LogP contribution in [-0.2, 0) is 4.79 Å². The van der Waals surface area contributed by atoms with Crippen LogP contribution in [-0.4, -0.2) is 23.0 Å². The van der Waals surface area contributed by atoms with Gasteiger partial charge >= 0.3 is 5.97 Å². The summed E-state index contributed by atoms with van der Waals surface area (Å²) in [5.74, 6) is -0.807. The van der Waals surface area contributed by atoms with Gasteiger partial charge in [0.2, 0.25) is 0 Å². The van der Waals surface area contributed by atoms with Crippen LogP contribution < -0.4 is 11.1 Å². The number of benzene rings is 2. The van der Waals surface area contributed by atoms with Crippen molar-refractivity contribution in [2.45, 2.75) is 38.6 Å². The molecule has 140 valence electrons. The Balaban J connectivity index is 0.00000243. The molecule has 0 aliphatic heterocycles. The van der Waals surface area contributed by atoms with Gasteiger partial charge in [-0.1, -0.05) is 44.0 Å². The first-order valence-electron chi connectivity index (χ1n) is 8.77. The Morgan fingerprint density at radius 2 is 1.69 bits per heavy atom. The van der Waals surface area contributed by atoms with Crippen molar-refractivity contribution in [2.24, 2.45) is 11.8 Å². The number of nitrogen functional groups attached to an aromatic ring is 1. The number of carbonyl (C=O) groups excluding carboxylic acids is 1. The van der Waals surface area contributed by atoms with Crippen molar-refractivity contribution in [1.29, 1.82) is 0 Å². The molecule has 4 N–H and O–H groups in total. The fourth-order valence-corrected chi connectivity index (χ4v) is 3.67. The Labute approximate surface area is 159 Å². The van der Waals surface area contributed by atoms with E-state index in [1.165, 1.54) is 0 Å². The number of fused-ring (bicyclic) bond motifs is 1. The highest BCUT2D eigenvalue weighted by atomic mass is 35.5. The number of anilines is 1. The van der Waals surface area contributed by atoms with Crippen molar-refractivity contribution in [1.82, 2.24) is 5.32 Å². The minimum absolute atomic E-state index is 0. The van der Waals surface area contributed by atoms with Gasteiger partial charge in [0.15, 0.2) is 0 Å². The minimum atomic E-state index is -0.979. The van der Waals surface area contributed by atoms with E-state index >= 15 is 0 Å². The van der Waals surface area contributed by atoms with Gasteiger partial charge in [-0.2, -0.15) is 0 Å². The molecule has 1 aliphatic carbocycles. The van der Waals surface area contributed by atoms with Crippen LogP contribution in [0.25, 0.3) is 10.8 Å². The second kappa shape index (κ2) is 8.41. The molecule has 6 heteroatoms. The summed E-state index contributed by atoms with van der Waals surface area (Å²) in [5.41, 5.74) is 6.71. The zero-order chi connectivity index (χ0) is 18.0. The van der Waals surface area contributed by atoms with Crippen LogP contribution in [0.15, 0.2) is 36.4 Å². The van der Waals surface area contributed by atoms with Gasteiger partial charge in [-0.25, -0.2) is 4.79 Å². The molecule has 26 heavy (non-hydrogen) atoms. The van der Waals surface area contributed by atoms with Crippen LogP contribution in [0.5, 0.6) is 0 Å². The highest BCUT2D eigenvalue weighted by molar-refractivity contribution is 6.05. The molecule has 3 rings (SSSR count). The molecule has 1 amide bonds. The number of carbonyl (C=O) groups is 2. The number of nitrogens with two attached hydrogens (primary N) is 1. The Morgan fingerprint density at radius 1 is 1.12 bits per heavy atom. The zero-order valence-corrected chi connectivity index (χ0v) is 15.6. The van der Waals surface area contributed by atoms with E-state index < -0.39 is 17.9 Å². The molecular weight excluding hydrogens is 352 g/mol. The van der Waals surface area contributed by atoms with Gasteiger partial charge in [0.1, 0.15) is 6.04 Å². The lowest BCUT2D eigenvalue weighted by atomic mass is 9.79. The third-order valence-electron chi connectivity index (χ3n) is 5.25. The molecule has 0 bridgehead atoms. The van der Waals surface area contributed by atoms with Crippen molar-refractivity contribution in [3.8, 4) is 0 Å². The second-order valence-electron chi connectivity index (χ2n) is 7.10. The predicted octanol–water partition coefficient (Wildman–Crippen LogP) is 3.85. The summed E-state index contributed by atoms with van der Waals surface area (Å²) in [6, 6.07) is 10.2. The summed E-state index contributed by atoms with van der Waals surface area (Å²) in [5, 5.41) is 14.1. The van der Waals surface area contributed by atoms with Gasteiger partial charge in [-0.3, -0.25) is 4.79 Å². The summed E-state index contributed by atoms with van der Waals surface area (Å²) < 4.78 is 0. The van der Waals surface area contributed by atoms with Crippen molar-refractivity contribution in [3.05, 3.63) is 42.0 Å². The molecule has 1 fully saturated rings. The maximum Gasteiger partial charge on any atom is 0.326 e. The monoisotopic (exact) mass is 376 g/mol. The van der Waals surface area contributed by atoms with Gasteiger partial charge in [-0.05, 0) is 47.6 Å². The number of hydrogen-bond donors (Lipinski definition) is 3. The number of halogens is 1. The van der Waals surface area contributed by atoms with Crippen molar-refractivity contribution in [2.75, 3.05) is 5.73 Å². The number of carboxylic acid groups (broad SMARTS) is 1. The topological polar surface area (TPSA) is 92.4 Å². The van der Waals surface area contributed by atoms with Crippen LogP contribution in [0.1, 0.15) is 43.0 Å². The number of hydrogen-bond acceptors (Lipinski definition) is 3. The Hall–Kier alpha value is -2.27. The summed E-state index contributed by atoms with van der Waals surface area (Å²) in [6.07, 6.45) is 3.65. The second-order valence-corrected chi connectivity index (χ2v) is 7.10. The van der Waals surface area contributed by atoms with E-state index in [0.29, 0.717) is 17.2 Å². The fourth-order valence-electron chi connectivity index (χ4n) is 3.67. The number of rotatable bonds is 4. The lowest BCUT2D eigenvalue weighted by Gasteiger charge is -2.31. The standard InChI is InChI=1S/C20H24N2O3.ClH/c1-12-6-8-13(9-7-12)18(20(24)25)22-19(23)16-10-14-4-2-3-5-15(14)11-17(16)21;/h2-5,10-13,18H,6-9,21H2,1H3,(H,22,23)(H,24,25);1H/t12-,13-,18-;/m0./s1. The predicted molar refractivity (Wildman–Crippen MR) is 106 cm³/mol. The molecule has 1 atom stereocenters. The summed E-state index contributed by atoms with van der Waals surface area (Å²) in [7, 11) is 0. The van der Waals surface area contributed by atoms with Gasteiger partial charge < -0.3 is 16.2 Å². The van der Waals surface area contributed by atoms with Gasteiger partial charge in [0, 0.05) is 5.69 Å². The smallest absolute Gasteiger partial charge is 0.326 e. The molecule has 0 heterocycles. The molecule has 0 radical (unpaired) electrons. The van der Waals surface area contributed by atoms with Crippen LogP contribution in [0.2, 0.25) is 0 Å². The van der Waals surface area contributed by atoms with Gasteiger partial charge in [-0.15, -0.1) is 12.4 Å². The van der Waals surface area contributed by atoms with Gasteiger partial charge in [0.25, 0.3) is 5.91 Å². The van der Waals surface area contributed by atoms with Crippen LogP contribution in [0.4, 0.5) is 5.69 Å². The molecular formula is C20H25ClN2O3. The third-order valence-corrected chi connectivity index (χ3v) is 5.25. The molecule has 1 aliphatic rings. The third kappa shape index (κ3) is 4.28. The van der Waals surface area contributed by atoms with Crippen LogP contribution >= 0.6 is 12.4 Å². The lowest BCUT2D eigenvalue weighted by Crippen LogP contribution is -2.47. The van der Waals surface area contributed by atoms with E-state index in [9.17, 15) is 14.7 Å². The van der Waals surface area contributed by atoms with Crippen molar-refractivity contribution in [3.63, 3.8) is 0 Å². The molecule has 0 aromatic heterocycles. The summed E-state index contributed by atoms with van der Waals surface area (Å²) in [6.45, 7) is 2.18. The summed E-state index contributed by atoms with van der Waals surface area (Å²) in [4.78, 5) is 24.4. The molecule has 5 nitrogen and oxygen atoms in total. The van der Waals surface area contributed by atoms with Crippen molar-refractivity contribution < 1.29 is 14.7 Å². The summed E-state index contributed by atoms with van der Waals surface area (Å²) >= 11 is 0. The molecule has 2 aromatic carbocycles. The average Bonchev–Trinajstić information content (AvgIpc) is 2.59. The number of aliphatic carboxylic acids is 1. The molecule has 0 saturated heterocycles. The number of carboxylic acids is 1. The van der Waals surface area contributed by atoms with E-state index in [1.54, 1.807) is 12.1 Å². The Morgan fingerprint density at radius 3 is 2.27 bits per heavy atom. The minimum Gasteiger partial charge on any atom is -0.480 e. The normalized spacial score (nSPS) is 20.8. The maximum atomic E-state index is 12.7. The molecule has 1 saturated carbocycles. The first-order chi connectivity index (χ1) is 12.0. The highest BCUT2D eigenvalue weighted by Crippen LogP contribution is 2.31. The lowest BCUT2D eigenvalue weighted by molar-refractivity contribution is -0.141. The van der Waals surface area contributed by atoms with E-state index in [2.05, 4.69) is 12.2 Å².